The first kappa shape index (κ1) is 19.3. The molecule has 0 aliphatic carbocycles. The molecule has 0 saturated heterocycles. The highest BCUT2D eigenvalue weighted by atomic mass is 16.5. The molecule has 1 amide bonds. The second kappa shape index (κ2) is 7.88. The topological polar surface area (TPSA) is 46.3 Å². The first-order chi connectivity index (χ1) is 15.1. The van der Waals surface area contributed by atoms with Crippen molar-refractivity contribution in [2.24, 2.45) is 0 Å². The van der Waals surface area contributed by atoms with Crippen molar-refractivity contribution in [3.05, 3.63) is 113 Å². The number of carbonyl (C=O) groups excluding carboxylic acids is 1. The van der Waals surface area contributed by atoms with Crippen LogP contribution in [0.15, 0.2) is 83.4 Å². The van der Waals surface area contributed by atoms with Crippen LogP contribution in [0.4, 0.5) is 0 Å². The Hall–Kier alpha value is -3.66. The maximum Gasteiger partial charge on any atom is 0.228 e. The molecule has 0 spiro atoms. The monoisotopic (exact) mass is 408 g/mol. The summed E-state index contributed by atoms with van der Waals surface area (Å²) in [6, 6.07) is 26.7. The van der Waals surface area contributed by atoms with Gasteiger partial charge in [-0.25, -0.2) is 0 Å². The average Bonchev–Trinajstić information content (AvgIpc) is 3.13. The van der Waals surface area contributed by atoms with E-state index in [4.69, 9.17) is 4.52 Å². The lowest BCUT2D eigenvalue weighted by Crippen LogP contribution is -2.40. The van der Waals surface area contributed by atoms with Crippen molar-refractivity contribution < 1.29 is 9.32 Å². The predicted octanol–water partition coefficient (Wildman–Crippen LogP) is 5.63. The second-order valence-corrected chi connectivity index (χ2v) is 8.11. The number of aryl methyl sites for hydroxylation is 2. The maximum absolute atomic E-state index is 13.3. The molecule has 0 N–H and O–H groups in total. The van der Waals surface area contributed by atoms with Crippen molar-refractivity contribution >= 4 is 5.91 Å². The van der Waals surface area contributed by atoms with Crippen molar-refractivity contribution in [1.82, 2.24) is 10.1 Å². The number of fused-ring (bicyclic) bond motifs is 1. The third-order valence-corrected chi connectivity index (χ3v) is 6.05. The van der Waals surface area contributed by atoms with Gasteiger partial charge in [0.05, 0.1) is 18.2 Å². The number of carbonyl (C=O) groups is 1. The molecule has 1 unspecified atom stereocenters. The second-order valence-electron chi connectivity index (χ2n) is 8.11. The Morgan fingerprint density at radius 1 is 0.968 bits per heavy atom. The predicted molar refractivity (Wildman–Crippen MR) is 120 cm³/mol. The minimum absolute atomic E-state index is 0.141. The van der Waals surface area contributed by atoms with Crippen LogP contribution in [-0.4, -0.2) is 16.0 Å². The van der Waals surface area contributed by atoms with Crippen LogP contribution in [0.1, 0.15) is 39.7 Å². The summed E-state index contributed by atoms with van der Waals surface area (Å²) < 4.78 is 5.41. The Balaban J connectivity index is 1.65. The lowest BCUT2D eigenvalue weighted by molar-refractivity contribution is -0.133. The third-order valence-electron chi connectivity index (χ3n) is 6.05. The van der Waals surface area contributed by atoms with Crippen LogP contribution in [-0.2, 0) is 17.8 Å². The number of aromatic nitrogens is 1. The van der Waals surface area contributed by atoms with Crippen LogP contribution in [0.5, 0.6) is 0 Å². The Morgan fingerprint density at radius 3 is 2.35 bits per heavy atom. The lowest BCUT2D eigenvalue weighted by Gasteiger charge is -2.38. The van der Waals surface area contributed by atoms with Gasteiger partial charge in [0.15, 0.2) is 0 Å². The third kappa shape index (κ3) is 3.55. The molecule has 1 atom stereocenters. The molecule has 154 valence electrons. The molecule has 3 aromatic carbocycles. The molecule has 4 nitrogen and oxygen atoms in total. The van der Waals surface area contributed by atoms with Crippen LogP contribution in [0.25, 0.3) is 11.1 Å². The highest BCUT2D eigenvalue weighted by Crippen LogP contribution is 2.39. The quantitative estimate of drug-likeness (QED) is 0.439. The molecule has 5 rings (SSSR count). The SMILES string of the molecule is Cc1noc(C)c1-c1ccc2c(c1)C(c1ccccc1)N(Cc1ccccc1)C(=O)C2. The van der Waals surface area contributed by atoms with Gasteiger partial charge in [0.25, 0.3) is 0 Å². The Kier molecular flexibility index (Phi) is 4.91. The molecule has 2 heterocycles. The highest BCUT2D eigenvalue weighted by Gasteiger charge is 2.34. The van der Waals surface area contributed by atoms with E-state index in [1.54, 1.807) is 0 Å². The van der Waals surface area contributed by atoms with E-state index < -0.39 is 0 Å². The normalized spacial score (nSPS) is 15.7. The Labute approximate surface area is 182 Å². The first-order valence-corrected chi connectivity index (χ1v) is 10.6. The van der Waals surface area contributed by atoms with E-state index in [1.165, 1.54) is 5.56 Å². The molecular formula is C27H24N2O2. The van der Waals surface area contributed by atoms with Crippen molar-refractivity contribution in [3.8, 4) is 11.1 Å². The van der Waals surface area contributed by atoms with Crippen molar-refractivity contribution in [2.45, 2.75) is 32.9 Å². The Morgan fingerprint density at radius 2 is 1.68 bits per heavy atom. The van der Waals surface area contributed by atoms with E-state index in [0.717, 1.165) is 39.3 Å². The van der Waals surface area contributed by atoms with Gasteiger partial charge in [-0.2, -0.15) is 0 Å². The number of amides is 1. The molecule has 4 aromatic rings. The van der Waals surface area contributed by atoms with Gasteiger partial charge in [-0.3, -0.25) is 4.79 Å². The minimum atomic E-state index is -0.141. The molecule has 1 aromatic heterocycles. The first-order valence-electron chi connectivity index (χ1n) is 10.6. The van der Waals surface area contributed by atoms with E-state index >= 15 is 0 Å². The van der Waals surface area contributed by atoms with Crippen LogP contribution < -0.4 is 0 Å². The molecule has 0 bridgehead atoms. The summed E-state index contributed by atoms with van der Waals surface area (Å²) in [5.41, 5.74) is 7.47. The minimum Gasteiger partial charge on any atom is -0.361 e. The lowest BCUT2D eigenvalue weighted by atomic mass is 9.85. The van der Waals surface area contributed by atoms with Gasteiger partial charge in [0.2, 0.25) is 5.91 Å². The summed E-state index contributed by atoms with van der Waals surface area (Å²) in [5, 5.41) is 4.13. The fourth-order valence-electron chi connectivity index (χ4n) is 4.59. The fraction of sp³-hybridized carbons (Fsp3) is 0.185. The van der Waals surface area contributed by atoms with Gasteiger partial charge in [0, 0.05) is 12.1 Å². The maximum atomic E-state index is 13.3. The van der Waals surface area contributed by atoms with Gasteiger partial charge in [-0.05, 0) is 47.7 Å². The van der Waals surface area contributed by atoms with Gasteiger partial charge in [-0.15, -0.1) is 0 Å². The van der Waals surface area contributed by atoms with Gasteiger partial charge in [-0.1, -0.05) is 78.0 Å². The molecule has 4 heteroatoms. The summed E-state index contributed by atoms with van der Waals surface area (Å²) in [6.45, 7) is 4.48. The van der Waals surface area contributed by atoms with Crippen LogP contribution in [0, 0.1) is 13.8 Å². The molecule has 0 saturated carbocycles. The van der Waals surface area contributed by atoms with Gasteiger partial charge < -0.3 is 9.42 Å². The number of nitrogens with zero attached hydrogens (tertiary/aromatic N) is 2. The largest absolute Gasteiger partial charge is 0.361 e. The van der Waals surface area contributed by atoms with Crippen LogP contribution >= 0.6 is 0 Å². The van der Waals surface area contributed by atoms with Crippen molar-refractivity contribution in [2.75, 3.05) is 0 Å². The number of hydrogen-bond donors (Lipinski definition) is 0. The standard InChI is InChI=1S/C27H24N2O2/c1-18-26(19(2)31-28-18)23-14-13-22-16-25(30)29(17-20-9-5-3-6-10-20)27(24(22)15-23)21-11-7-4-8-12-21/h3-15,27H,16-17H2,1-2H3. The number of rotatable bonds is 4. The zero-order valence-electron chi connectivity index (χ0n) is 17.7. The molecular weight excluding hydrogens is 384 g/mol. The Bertz CT molecular complexity index is 1210. The number of hydrogen-bond acceptors (Lipinski definition) is 3. The smallest absolute Gasteiger partial charge is 0.228 e. The summed E-state index contributed by atoms with van der Waals surface area (Å²) >= 11 is 0. The van der Waals surface area contributed by atoms with Crippen LogP contribution in [0.2, 0.25) is 0 Å². The van der Waals surface area contributed by atoms with Crippen molar-refractivity contribution in [3.63, 3.8) is 0 Å². The molecule has 1 aliphatic rings. The number of benzene rings is 3. The van der Waals surface area contributed by atoms with Gasteiger partial charge in [0.1, 0.15) is 5.76 Å². The van der Waals surface area contributed by atoms with Crippen molar-refractivity contribution in [1.29, 1.82) is 0 Å². The molecule has 31 heavy (non-hydrogen) atoms. The van der Waals surface area contributed by atoms with E-state index in [-0.39, 0.29) is 11.9 Å². The van der Waals surface area contributed by atoms with E-state index in [2.05, 4.69) is 47.6 Å². The molecule has 1 aliphatic heterocycles. The zero-order chi connectivity index (χ0) is 21.4. The zero-order valence-corrected chi connectivity index (χ0v) is 17.7. The van der Waals surface area contributed by atoms with Crippen LogP contribution in [0.3, 0.4) is 0 Å². The molecule has 0 radical (unpaired) electrons. The summed E-state index contributed by atoms with van der Waals surface area (Å²) in [7, 11) is 0. The summed E-state index contributed by atoms with van der Waals surface area (Å²) in [4.78, 5) is 15.3. The van der Waals surface area contributed by atoms with E-state index in [9.17, 15) is 4.79 Å². The summed E-state index contributed by atoms with van der Waals surface area (Å²) in [6.07, 6.45) is 0.410. The van der Waals surface area contributed by atoms with E-state index in [0.29, 0.717) is 13.0 Å². The fourth-order valence-corrected chi connectivity index (χ4v) is 4.59. The average molecular weight is 409 g/mol. The highest BCUT2D eigenvalue weighted by molar-refractivity contribution is 5.83. The summed E-state index contributed by atoms with van der Waals surface area (Å²) in [5.74, 6) is 0.956. The van der Waals surface area contributed by atoms with E-state index in [1.807, 2.05) is 55.1 Å². The molecule has 0 fully saturated rings. The van der Waals surface area contributed by atoms with Gasteiger partial charge >= 0.3 is 0 Å².